The van der Waals surface area contributed by atoms with Crippen molar-refractivity contribution in [1.29, 1.82) is 0 Å². The largest absolute Gasteiger partial charge is 0.454 e. The Bertz CT molecular complexity index is 1850. The normalized spacial score (nSPS) is 12.2. The van der Waals surface area contributed by atoms with E-state index in [4.69, 9.17) is 32.7 Å². The predicted octanol–water partition coefficient (Wildman–Crippen LogP) is 6.06. The quantitative estimate of drug-likeness (QED) is 0.272. The highest BCUT2D eigenvalue weighted by Gasteiger charge is 2.23. The van der Waals surface area contributed by atoms with Crippen molar-refractivity contribution in [1.82, 2.24) is 4.57 Å². The Labute approximate surface area is 226 Å². The van der Waals surface area contributed by atoms with E-state index in [0.29, 0.717) is 33.3 Å². The lowest BCUT2D eigenvalue weighted by Gasteiger charge is -2.15. The number of anilines is 1. The van der Waals surface area contributed by atoms with Gasteiger partial charge in [-0.25, -0.2) is 0 Å². The highest BCUT2D eigenvalue weighted by Crippen LogP contribution is 2.35. The lowest BCUT2D eigenvalue weighted by Crippen LogP contribution is -2.24. The smallest absolute Gasteiger partial charge is 0.244 e. The first-order valence-electron chi connectivity index (χ1n) is 11.6. The summed E-state index contributed by atoms with van der Waals surface area (Å²) in [5.74, 6) is -0.0228. The van der Waals surface area contributed by atoms with Crippen LogP contribution in [0.4, 0.5) is 5.69 Å². The molecule has 2 heterocycles. The lowest BCUT2D eigenvalue weighted by molar-refractivity contribution is -0.116. The molecule has 1 N–H and O–H groups in total. The minimum atomic E-state index is -0.464. The van der Waals surface area contributed by atoms with Gasteiger partial charge < -0.3 is 19.4 Å². The number of nitrogens with one attached hydrogen (secondary N) is 1. The van der Waals surface area contributed by atoms with Crippen LogP contribution in [0.3, 0.4) is 0 Å². The zero-order valence-electron chi connectivity index (χ0n) is 19.7. The maximum Gasteiger partial charge on any atom is 0.244 e. The van der Waals surface area contributed by atoms with Gasteiger partial charge in [0.1, 0.15) is 6.54 Å². The predicted molar refractivity (Wildman–Crippen MR) is 147 cm³/mol. The van der Waals surface area contributed by atoms with Crippen LogP contribution in [0.1, 0.15) is 15.9 Å². The molecule has 1 amide bonds. The van der Waals surface area contributed by atoms with Gasteiger partial charge in [-0.2, -0.15) is 0 Å². The highest BCUT2D eigenvalue weighted by atomic mass is 35.5. The second kappa shape index (κ2) is 9.52. The Morgan fingerprint density at radius 2 is 1.66 bits per heavy atom. The van der Waals surface area contributed by atoms with Crippen molar-refractivity contribution in [2.45, 2.75) is 6.54 Å². The van der Waals surface area contributed by atoms with E-state index < -0.39 is 17.1 Å². The molecule has 0 spiro atoms. The molecule has 0 aliphatic carbocycles. The second-order valence-electron chi connectivity index (χ2n) is 8.79. The van der Waals surface area contributed by atoms with Crippen molar-refractivity contribution in [3.05, 3.63) is 110 Å². The Hall–Kier alpha value is -4.33. The number of carbonyl (C=O) groups is 2. The first-order chi connectivity index (χ1) is 18.4. The zero-order valence-corrected chi connectivity index (χ0v) is 21.2. The van der Waals surface area contributed by atoms with Crippen molar-refractivity contribution < 1.29 is 19.1 Å². The minimum absolute atomic E-state index is 0.0122. The van der Waals surface area contributed by atoms with Crippen LogP contribution >= 0.6 is 23.2 Å². The summed E-state index contributed by atoms with van der Waals surface area (Å²) in [5.41, 5.74) is 0.644. The first-order valence-corrected chi connectivity index (χ1v) is 12.4. The fourth-order valence-electron chi connectivity index (χ4n) is 4.49. The third-order valence-electron chi connectivity index (χ3n) is 6.35. The molecule has 0 fully saturated rings. The highest BCUT2D eigenvalue weighted by molar-refractivity contribution is 6.36. The summed E-state index contributed by atoms with van der Waals surface area (Å²) >= 11 is 12.2. The number of nitrogens with zero attached hydrogens (tertiary/aromatic N) is 1. The Balaban J connectivity index is 1.44. The van der Waals surface area contributed by atoms with Gasteiger partial charge in [-0.1, -0.05) is 59.6 Å². The Kier molecular flexibility index (Phi) is 6.02. The monoisotopic (exact) mass is 544 g/mol. The van der Waals surface area contributed by atoms with Crippen LogP contribution in [-0.2, 0) is 11.3 Å². The van der Waals surface area contributed by atoms with Gasteiger partial charge in [-0.05, 0) is 41.1 Å². The van der Waals surface area contributed by atoms with Gasteiger partial charge in [0.15, 0.2) is 17.3 Å². The molecule has 0 radical (unpaired) electrons. The molecule has 7 nitrogen and oxygen atoms in total. The molecule has 0 atom stereocenters. The van der Waals surface area contributed by atoms with Crippen LogP contribution in [0.2, 0.25) is 10.0 Å². The molecule has 9 heteroatoms. The summed E-state index contributed by atoms with van der Waals surface area (Å²) in [6.45, 7) is -0.189. The van der Waals surface area contributed by atoms with Gasteiger partial charge in [-0.15, -0.1) is 0 Å². The number of fused-ring (bicyclic) bond motifs is 3. The average Bonchev–Trinajstić information content (AvgIpc) is 3.38. The fraction of sp³-hybridized carbons (Fsp3) is 0.0690. The molecule has 4 aromatic carbocycles. The van der Waals surface area contributed by atoms with Crippen molar-refractivity contribution in [3.8, 4) is 11.5 Å². The van der Waals surface area contributed by atoms with Crippen LogP contribution in [-0.4, -0.2) is 23.1 Å². The van der Waals surface area contributed by atoms with E-state index in [1.807, 2.05) is 30.3 Å². The molecule has 6 rings (SSSR count). The molecule has 0 saturated heterocycles. The molecule has 188 valence electrons. The van der Waals surface area contributed by atoms with Crippen LogP contribution in [0.15, 0.2) is 83.8 Å². The van der Waals surface area contributed by atoms with Gasteiger partial charge >= 0.3 is 0 Å². The molecular weight excluding hydrogens is 527 g/mol. The third kappa shape index (κ3) is 4.36. The van der Waals surface area contributed by atoms with Crippen LogP contribution in [0.5, 0.6) is 11.5 Å². The summed E-state index contributed by atoms with van der Waals surface area (Å²) in [6, 6.07) is 20.8. The van der Waals surface area contributed by atoms with Gasteiger partial charge in [-0.3, -0.25) is 14.4 Å². The molecule has 1 aliphatic rings. The summed E-state index contributed by atoms with van der Waals surface area (Å²) in [7, 11) is 0. The van der Waals surface area contributed by atoms with Crippen LogP contribution in [0, 0.1) is 0 Å². The van der Waals surface area contributed by atoms with Gasteiger partial charge in [0.05, 0.1) is 27.2 Å². The number of ketones is 1. The van der Waals surface area contributed by atoms with Crippen molar-refractivity contribution >= 4 is 62.3 Å². The number of pyridine rings is 1. The van der Waals surface area contributed by atoms with Crippen molar-refractivity contribution in [2.24, 2.45) is 0 Å². The van der Waals surface area contributed by atoms with E-state index in [2.05, 4.69) is 5.32 Å². The average molecular weight is 545 g/mol. The number of halogens is 2. The molecule has 38 heavy (non-hydrogen) atoms. The van der Waals surface area contributed by atoms with E-state index in [1.54, 1.807) is 41.0 Å². The molecule has 0 unspecified atom stereocenters. The minimum Gasteiger partial charge on any atom is -0.454 e. The number of rotatable bonds is 5. The zero-order chi connectivity index (χ0) is 26.4. The summed E-state index contributed by atoms with van der Waals surface area (Å²) in [6.07, 6.45) is 1.41. The summed E-state index contributed by atoms with van der Waals surface area (Å²) in [4.78, 5) is 40.2. The van der Waals surface area contributed by atoms with Crippen LogP contribution in [0.25, 0.3) is 21.7 Å². The number of aromatic nitrogens is 1. The lowest BCUT2D eigenvalue weighted by atomic mass is 9.99. The number of benzene rings is 4. The van der Waals surface area contributed by atoms with Gasteiger partial charge in [0.2, 0.25) is 18.1 Å². The van der Waals surface area contributed by atoms with Gasteiger partial charge in [0.25, 0.3) is 0 Å². The fourth-order valence-corrected chi connectivity index (χ4v) is 4.95. The number of amides is 1. The summed E-state index contributed by atoms with van der Waals surface area (Å²) < 4.78 is 12.5. The number of ether oxygens (including phenoxy) is 2. The second-order valence-corrected chi connectivity index (χ2v) is 9.63. The van der Waals surface area contributed by atoms with E-state index >= 15 is 0 Å². The third-order valence-corrected chi connectivity index (χ3v) is 6.90. The number of hydrogen-bond acceptors (Lipinski definition) is 5. The molecule has 0 bridgehead atoms. The van der Waals surface area contributed by atoms with Gasteiger partial charge in [0, 0.05) is 22.8 Å². The topological polar surface area (TPSA) is 86.6 Å². The molecule has 1 aromatic heterocycles. The summed E-state index contributed by atoms with van der Waals surface area (Å²) in [5, 5.41) is 5.56. The number of carbonyl (C=O) groups excluding carboxylic acids is 2. The maximum absolute atomic E-state index is 13.6. The van der Waals surface area contributed by atoms with Crippen molar-refractivity contribution in [3.63, 3.8) is 0 Å². The van der Waals surface area contributed by atoms with E-state index in [9.17, 15) is 14.4 Å². The Morgan fingerprint density at radius 3 is 2.45 bits per heavy atom. The van der Waals surface area contributed by atoms with Crippen LogP contribution < -0.4 is 20.2 Å². The van der Waals surface area contributed by atoms with E-state index in [-0.39, 0.29) is 29.3 Å². The van der Waals surface area contributed by atoms with E-state index in [1.165, 1.54) is 12.3 Å². The molecule has 0 saturated carbocycles. The van der Waals surface area contributed by atoms with E-state index in [0.717, 1.165) is 10.8 Å². The first kappa shape index (κ1) is 24.0. The molecular formula is C29H18Cl2N2O5. The SMILES string of the molecule is O=C(Cn1cc(C(=O)c2ccc3ccccc3c2)c(=O)c2cc3c(cc21)OCO3)Nc1ccc(Cl)cc1Cl. The molecule has 5 aromatic rings. The number of hydrogen-bond donors (Lipinski definition) is 1. The standard InChI is InChI=1S/C29H18Cl2N2O5/c30-19-7-8-23(22(31)10-19)32-27(34)14-33-13-21(28(35)18-6-5-16-3-1-2-4-17(16)9-18)29(36)20-11-25-26(12-24(20)33)38-15-37-25/h1-13H,14-15H2,(H,32,34). The Morgan fingerprint density at radius 1 is 0.895 bits per heavy atom. The molecule has 1 aliphatic heterocycles. The maximum atomic E-state index is 13.6. The van der Waals surface area contributed by atoms with Crippen molar-refractivity contribution in [2.75, 3.05) is 12.1 Å².